The standard InChI is InChI=1S/C13H13F4N3O3S/c1-24(22,23)11(14)12(21,6-20-8-18-7-19-20)9-2-4-10(5-3-9)13(15,16)17/h2-5,7-8,11,21H,6H2,1H3. The molecule has 0 saturated carbocycles. The minimum atomic E-state index is -4.62. The molecule has 11 heteroatoms. The Bertz CT molecular complexity index is 791. The van der Waals surface area contributed by atoms with Crippen molar-refractivity contribution in [2.45, 2.75) is 23.8 Å². The first-order valence-electron chi connectivity index (χ1n) is 6.50. The van der Waals surface area contributed by atoms with Gasteiger partial charge in [0.25, 0.3) is 0 Å². The van der Waals surface area contributed by atoms with Crippen LogP contribution in [0.2, 0.25) is 0 Å². The van der Waals surface area contributed by atoms with E-state index in [1.54, 1.807) is 0 Å². The fourth-order valence-corrected chi connectivity index (χ4v) is 3.08. The third kappa shape index (κ3) is 3.73. The van der Waals surface area contributed by atoms with Gasteiger partial charge < -0.3 is 5.11 Å². The summed E-state index contributed by atoms with van der Waals surface area (Å²) in [5.74, 6) is 0. The van der Waals surface area contributed by atoms with Gasteiger partial charge in [-0.1, -0.05) is 12.1 Å². The molecule has 0 bridgehead atoms. The van der Waals surface area contributed by atoms with Crippen molar-refractivity contribution in [3.05, 3.63) is 48.0 Å². The molecule has 0 aliphatic carbocycles. The number of sulfone groups is 1. The van der Waals surface area contributed by atoms with Gasteiger partial charge in [-0.05, 0) is 17.7 Å². The molecule has 2 aromatic rings. The van der Waals surface area contributed by atoms with Crippen LogP contribution in [0.1, 0.15) is 11.1 Å². The zero-order valence-electron chi connectivity index (χ0n) is 12.3. The lowest BCUT2D eigenvalue weighted by Crippen LogP contribution is -2.45. The minimum Gasteiger partial charge on any atom is -0.379 e. The molecule has 0 spiro atoms. The third-order valence-electron chi connectivity index (χ3n) is 3.33. The van der Waals surface area contributed by atoms with Crippen molar-refractivity contribution in [1.82, 2.24) is 14.8 Å². The number of hydrogen-bond acceptors (Lipinski definition) is 5. The third-order valence-corrected chi connectivity index (χ3v) is 4.47. The van der Waals surface area contributed by atoms with Crippen LogP contribution in [0.4, 0.5) is 17.6 Å². The van der Waals surface area contributed by atoms with Crippen molar-refractivity contribution in [1.29, 1.82) is 0 Å². The summed E-state index contributed by atoms with van der Waals surface area (Å²) in [6.45, 7) is -0.646. The second kappa shape index (κ2) is 6.13. The maximum absolute atomic E-state index is 14.4. The van der Waals surface area contributed by atoms with Crippen molar-refractivity contribution in [3.8, 4) is 0 Å². The highest BCUT2D eigenvalue weighted by atomic mass is 32.2. The van der Waals surface area contributed by atoms with Crippen molar-refractivity contribution < 1.29 is 31.1 Å². The van der Waals surface area contributed by atoms with Gasteiger partial charge >= 0.3 is 6.18 Å². The molecule has 1 N–H and O–H groups in total. The Morgan fingerprint density at radius 3 is 2.17 bits per heavy atom. The first kappa shape index (κ1) is 18.3. The maximum atomic E-state index is 14.4. The fraction of sp³-hybridized carbons (Fsp3) is 0.385. The number of aromatic nitrogens is 3. The van der Waals surface area contributed by atoms with E-state index in [9.17, 15) is 31.1 Å². The second-order valence-corrected chi connectivity index (χ2v) is 7.31. The van der Waals surface area contributed by atoms with Crippen LogP contribution in [0.5, 0.6) is 0 Å². The molecule has 0 aliphatic heterocycles. The van der Waals surface area contributed by atoms with E-state index < -0.39 is 39.2 Å². The fourth-order valence-electron chi connectivity index (χ4n) is 2.16. The zero-order valence-corrected chi connectivity index (χ0v) is 13.1. The van der Waals surface area contributed by atoms with E-state index in [0.717, 1.165) is 29.5 Å². The van der Waals surface area contributed by atoms with Gasteiger partial charge in [-0.2, -0.15) is 18.3 Å². The Balaban J connectivity index is 2.49. The summed E-state index contributed by atoms with van der Waals surface area (Å²) in [6.07, 6.45) is -1.84. The van der Waals surface area contributed by atoms with Crippen molar-refractivity contribution in [3.63, 3.8) is 0 Å². The van der Waals surface area contributed by atoms with Crippen molar-refractivity contribution in [2.24, 2.45) is 0 Å². The van der Waals surface area contributed by atoms with Gasteiger partial charge in [0.05, 0.1) is 12.1 Å². The number of halogens is 4. The Kier molecular flexibility index (Phi) is 4.68. The van der Waals surface area contributed by atoms with Gasteiger partial charge in [0.15, 0.2) is 15.4 Å². The Labute approximate surface area is 134 Å². The van der Waals surface area contributed by atoms with Crippen LogP contribution < -0.4 is 0 Å². The summed E-state index contributed by atoms with van der Waals surface area (Å²) < 4.78 is 76.4. The number of nitrogens with zero attached hydrogens (tertiary/aromatic N) is 3. The quantitative estimate of drug-likeness (QED) is 0.810. The number of rotatable bonds is 5. The predicted molar refractivity (Wildman–Crippen MR) is 75.1 cm³/mol. The summed E-state index contributed by atoms with van der Waals surface area (Å²) in [6, 6.07) is 2.93. The van der Waals surface area contributed by atoms with E-state index in [-0.39, 0.29) is 5.56 Å². The number of aliphatic hydroxyl groups is 1. The lowest BCUT2D eigenvalue weighted by Gasteiger charge is -2.31. The van der Waals surface area contributed by atoms with E-state index >= 15 is 0 Å². The van der Waals surface area contributed by atoms with Crippen LogP contribution >= 0.6 is 0 Å². The topological polar surface area (TPSA) is 85.1 Å². The monoisotopic (exact) mass is 367 g/mol. The minimum absolute atomic E-state index is 0.330. The Morgan fingerprint density at radius 1 is 1.21 bits per heavy atom. The lowest BCUT2D eigenvalue weighted by molar-refractivity contribution is -0.137. The van der Waals surface area contributed by atoms with Crippen molar-refractivity contribution in [2.75, 3.05) is 6.26 Å². The largest absolute Gasteiger partial charge is 0.416 e. The lowest BCUT2D eigenvalue weighted by atomic mass is 9.94. The van der Waals surface area contributed by atoms with Crippen LogP contribution in [0.15, 0.2) is 36.9 Å². The van der Waals surface area contributed by atoms with Gasteiger partial charge in [-0.15, -0.1) is 0 Å². The molecule has 1 heterocycles. The number of hydrogen-bond donors (Lipinski definition) is 1. The summed E-state index contributed by atoms with van der Waals surface area (Å²) in [5, 5.41) is 14.3. The Morgan fingerprint density at radius 2 is 1.75 bits per heavy atom. The van der Waals surface area contributed by atoms with Gasteiger partial charge in [-0.3, -0.25) is 0 Å². The molecule has 24 heavy (non-hydrogen) atoms. The first-order chi connectivity index (χ1) is 10.9. The van der Waals surface area contributed by atoms with E-state index in [1.165, 1.54) is 0 Å². The summed E-state index contributed by atoms with van der Waals surface area (Å²) in [5.41, 5.74) is -6.75. The Hall–Kier alpha value is -2.01. The average molecular weight is 367 g/mol. The van der Waals surface area contributed by atoms with Crippen molar-refractivity contribution >= 4 is 9.84 Å². The van der Waals surface area contributed by atoms with Crippen LogP contribution in [0.25, 0.3) is 0 Å². The predicted octanol–water partition coefficient (Wildman–Crippen LogP) is 1.52. The van der Waals surface area contributed by atoms with E-state index in [4.69, 9.17) is 0 Å². The highest BCUT2D eigenvalue weighted by Gasteiger charge is 2.46. The molecule has 0 saturated heterocycles. The molecule has 1 aromatic carbocycles. The van der Waals surface area contributed by atoms with Crippen LogP contribution in [-0.2, 0) is 28.2 Å². The van der Waals surface area contributed by atoms with Gasteiger partial charge in [0.2, 0.25) is 5.50 Å². The first-order valence-corrected chi connectivity index (χ1v) is 8.45. The maximum Gasteiger partial charge on any atom is 0.416 e. The molecule has 6 nitrogen and oxygen atoms in total. The smallest absolute Gasteiger partial charge is 0.379 e. The van der Waals surface area contributed by atoms with Crippen LogP contribution in [-0.4, -0.2) is 40.0 Å². The highest BCUT2D eigenvalue weighted by molar-refractivity contribution is 7.91. The average Bonchev–Trinajstić information content (AvgIpc) is 2.97. The normalized spacial score (nSPS) is 16.6. The van der Waals surface area contributed by atoms with Gasteiger partial charge in [0.1, 0.15) is 12.7 Å². The van der Waals surface area contributed by atoms with Crippen LogP contribution in [0, 0.1) is 0 Å². The van der Waals surface area contributed by atoms with Gasteiger partial charge in [-0.25, -0.2) is 22.5 Å². The summed E-state index contributed by atoms with van der Waals surface area (Å²) in [4.78, 5) is 3.59. The molecule has 2 rings (SSSR count). The van der Waals surface area contributed by atoms with E-state index in [2.05, 4.69) is 10.1 Å². The van der Waals surface area contributed by atoms with E-state index in [0.29, 0.717) is 18.4 Å². The molecule has 2 unspecified atom stereocenters. The molecule has 2 atom stereocenters. The summed E-state index contributed by atoms with van der Waals surface area (Å²) >= 11 is 0. The second-order valence-electron chi connectivity index (χ2n) is 5.24. The molecule has 132 valence electrons. The molecular weight excluding hydrogens is 354 g/mol. The molecule has 0 radical (unpaired) electrons. The van der Waals surface area contributed by atoms with Crippen LogP contribution in [0.3, 0.4) is 0 Å². The number of alkyl halides is 4. The molecule has 0 fully saturated rings. The molecular formula is C13H13F4N3O3S. The highest BCUT2D eigenvalue weighted by Crippen LogP contribution is 2.35. The van der Waals surface area contributed by atoms with E-state index in [1.807, 2.05) is 0 Å². The molecule has 0 amide bonds. The van der Waals surface area contributed by atoms with Gasteiger partial charge in [0, 0.05) is 6.26 Å². The zero-order chi connectivity index (χ0) is 18.2. The number of benzene rings is 1. The SMILES string of the molecule is CS(=O)(=O)C(F)C(O)(Cn1cncn1)c1ccc(C(F)(F)F)cc1. The summed E-state index contributed by atoms with van der Waals surface area (Å²) in [7, 11) is -4.35. The molecule has 1 aromatic heterocycles. The molecule has 0 aliphatic rings.